The molecular formula is C35H38ClF5N8O2. The van der Waals surface area contributed by atoms with E-state index in [1.165, 1.54) is 6.92 Å². The largest absolute Gasteiger partial charge is 0.489 e. The number of rotatable bonds is 7. The van der Waals surface area contributed by atoms with Crippen LogP contribution in [0, 0.1) is 30.0 Å². The number of benzene rings is 1. The maximum Gasteiger partial charge on any atom is 0.418 e. The summed E-state index contributed by atoms with van der Waals surface area (Å²) < 4.78 is 88.1. The molecule has 0 spiro atoms. The van der Waals surface area contributed by atoms with Crippen molar-refractivity contribution in [3.05, 3.63) is 28.0 Å². The smallest absolute Gasteiger partial charge is 0.418 e. The normalized spacial score (nSPS) is 27.5. The number of aryl methyl sites for hydroxylation is 1. The summed E-state index contributed by atoms with van der Waals surface area (Å²) in [5.74, 6) is -0.987. The number of nitrogens with two attached hydrogens (primary N) is 1. The van der Waals surface area contributed by atoms with Crippen LogP contribution in [0.15, 0.2) is 6.07 Å². The number of piperidine rings is 1. The Labute approximate surface area is 296 Å². The number of nitrogen functional groups attached to an aromatic ring is 1. The topological polar surface area (TPSA) is 117 Å². The average Bonchev–Trinajstić information content (AvgIpc) is 3.40. The SMILES string of the molecule is Cc1cc(N)nc(-c2c(Cl)c3c4c(nc(OC[C@@]56CCCN5C[C@H](F)C6)nc4c2F)N2C[C@H]4CC[C@H](CN4CCCC#N)[C@H]2CO3)c1C(F)(F)F. The average molecular weight is 733 g/mol. The van der Waals surface area contributed by atoms with Crippen LogP contribution in [-0.4, -0.2) is 94.5 Å². The molecule has 51 heavy (non-hydrogen) atoms. The number of unbranched alkanes of at least 4 members (excludes halogenated alkanes) is 1. The molecule has 5 saturated heterocycles. The van der Waals surface area contributed by atoms with Crippen molar-refractivity contribution < 1.29 is 31.4 Å². The third-order valence-corrected chi connectivity index (χ3v) is 11.9. The molecule has 0 amide bonds. The number of hydrogen-bond acceptors (Lipinski definition) is 10. The third kappa shape index (κ3) is 5.78. The number of hydrogen-bond donors (Lipinski definition) is 1. The molecule has 16 heteroatoms. The summed E-state index contributed by atoms with van der Waals surface area (Å²) in [7, 11) is 0. The van der Waals surface area contributed by atoms with Crippen molar-refractivity contribution >= 4 is 34.1 Å². The quantitative estimate of drug-likeness (QED) is 0.219. The van der Waals surface area contributed by atoms with Crippen molar-refractivity contribution in [2.45, 2.75) is 81.8 Å². The maximum atomic E-state index is 17.1. The number of aromatic nitrogens is 3. The van der Waals surface area contributed by atoms with Gasteiger partial charge in [-0.2, -0.15) is 28.4 Å². The lowest BCUT2D eigenvalue weighted by Gasteiger charge is -2.36. The molecule has 2 N–H and O–H groups in total. The van der Waals surface area contributed by atoms with Crippen LogP contribution in [0.1, 0.15) is 56.1 Å². The van der Waals surface area contributed by atoms with Crippen molar-refractivity contribution in [1.29, 1.82) is 5.26 Å². The number of nitrogens with zero attached hydrogens (tertiary/aromatic N) is 7. The predicted molar refractivity (Wildman–Crippen MR) is 180 cm³/mol. The van der Waals surface area contributed by atoms with Crippen molar-refractivity contribution in [3.8, 4) is 29.1 Å². The van der Waals surface area contributed by atoms with E-state index in [2.05, 4.69) is 30.7 Å². The number of pyridine rings is 1. The van der Waals surface area contributed by atoms with Crippen LogP contribution in [0.4, 0.5) is 33.6 Å². The summed E-state index contributed by atoms with van der Waals surface area (Å²) in [5, 5.41) is 8.88. The first-order valence-corrected chi connectivity index (χ1v) is 17.9. The highest BCUT2D eigenvalue weighted by atomic mass is 35.5. The molecule has 0 radical (unpaired) electrons. The molecule has 272 valence electrons. The standard InChI is InChI=1S/C35H38ClF5N8O2/c1-18-11-23(43)44-29(26(18)35(39,40)41)24-27(36)31-25-30(28(24)38)45-33(51-17-34-7-4-10-48(34)14-20(37)12-34)46-32(25)49-15-21-6-5-19(22(49)16-50-31)13-47(21)9-3-2-8-42/h11,19-22H,2-7,9-10,12-17H2,1H3,(H2,43,44)/t19-,20-,21-,22-,34+/m1/s1. The Bertz CT molecular complexity index is 1930. The maximum absolute atomic E-state index is 17.1. The van der Waals surface area contributed by atoms with Gasteiger partial charge in [0.2, 0.25) is 0 Å². The van der Waals surface area contributed by atoms with E-state index >= 15 is 4.39 Å². The van der Waals surface area contributed by atoms with Crippen LogP contribution >= 0.6 is 11.6 Å². The first-order valence-electron chi connectivity index (χ1n) is 17.5. The highest BCUT2D eigenvalue weighted by molar-refractivity contribution is 6.36. The van der Waals surface area contributed by atoms with E-state index in [0.29, 0.717) is 31.7 Å². The van der Waals surface area contributed by atoms with Gasteiger partial charge in [-0.25, -0.2) is 13.8 Å². The van der Waals surface area contributed by atoms with Gasteiger partial charge >= 0.3 is 12.2 Å². The molecule has 0 saturated carbocycles. The van der Waals surface area contributed by atoms with Crippen molar-refractivity contribution in [3.63, 3.8) is 0 Å². The fourth-order valence-electron chi connectivity index (χ4n) is 9.28. The molecule has 0 aliphatic carbocycles. The van der Waals surface area contributed by atoms with Crippen LogP contribution in [0.5, 0.6) is 11.8 Å². The third-order valence-electron chi connectivity index (χ3n) is 11.5. The lowest BCUT2D eigenvalue weighted by molar-refractivity contribution is -0.137. The van der Waals surface area contributed by atoms with Crippen LogP contribution < -0.4 is 20.1 Å². The van der Waals surface area contributed by atoms with Gasteiger partial charge in [-0.1, -0.05) is 11.6 Å². The van der Waals surface area contributed by atoms with Crippen LogP contribution in [-0.2, 0) is 6.18 Å². The van der Waals surface area contributed by atoms with Gasteiger partial charge < -0.3 is 20.1 Å². The van der Waals surface area contributed by atoms with Gasteiger partial charge in [0.1, 0.15) is 36.5 Å². The zero-order valence-corrected chi connectivity index (χ0v) is 28.8. The van der Waals surface area contributed by atoms with Crippen molar-refractivity contribution in [2.24, 2.45) is 5.92 Å². The number of fused-ring (bicyclic) bond motifs is 3. The Hall–Kier alpha value is -3.74. The highest BCUT2D eigenvalue weighted by Gasteiger charge is 2.50. The fraction of sp³-hybridized carbons (Fsp3) is 0.600. The van der Waals surface area contributed by atoms with E-state index in [0.717, 1.165) is 57.8 Å². The summed E-state index contributed by atoms with van der Waals surface area (Å²) in [6.07, 6.45) is -1.03. The molecule has 5 atom stereocenters. The molecule has 2 bridgehead atoms. The predicted octanol–water partition coefficient (Wildman–Crippen LogP) is 6.31. The van der Waals surface area contributed by atoms with E-state index < -0.39 is 40.5 Å². The van der Waals surface area contributed by atoms with Gasteiger partial charge in [0.05, 0.1) is 44.9 Å². The molecule has 6 aliphatic heterocycles. The first kappa shape index (κ1) is 34.4. The second-order valence-corrected chi connectivity index (χ2v) is 15.0. The minimum absolute atomic E-state index is 0.0360. The lowest BCUT2D eigenvalue weighted by atomic mass is 9.90. The monoisotopic (exact) mass is 732 g/mol. The van der Waals surface area contributed by atoms with E-state index in [1.807, 2.05) is 0 Å². The van der Waals surface area contributed by atoms with Gasteiger partial charge in [0.15, 0.2) is 11.6 Å². The summed E-state index contributed by atoms with van der Waals surface area (Å²) >= 11 is 6.90. The molecular weight excluding hydrogens is 695 g/mol. The molecule has 3 aromatic rings. The zero-order chi connectivity index (χ0) is 35.8. The molecule has 0 unspecified atom stereocenters. The number of ether oxygens (including phenoxy) is 2. The van der Waals surface area contributed by atoms with Crippen LogP contribution in [0.2, 0.25) is 5.02 Å². The van der Waals surface area contributed by atoms with E-state index in [9.17, 15) is 17.6 Å². The van der Waals surface area contributed by atoms with Gasteiger partial charge in [-0.05, 0) is 69.7 Å². The highest BCUT2D eigenvalue weighted by Crippen LogP contribution is 2.52. The number of alkyl halides is 4. The molecule has 8 heterocycles. The van der Waals surface area contributed by atoms with E-state index in [4.69, 9.17) is 37.1 Å². The van der Waals surface area contributed by atoms with Gasteiger partial charge in [-0.3, -0.25) is 9.80 Å². The summed E-state index contributed by atoms with van der Waals surface area (Å²) in [6.45, 7) is 4.48. The summed E-state index contributed by atoms with van der Waals surface area (Å²) in [4.78, 5) is 19.9. The Kier molecular flexibility index (Phi) is 8.58. The van der Waals surface area contributed by atoms with E-state index in [-0.39, 0.29) is 70.3 Å². The summed E-state index contributed by atoms with van der Waals surface area (Å²) in [6, 6.07) is 3.00. The molecule has 2 aromatic heterocycles. The Morgan fingerprint density at radius 3 is 2.80 bits per heavy atom. The van der Waals surface area contributed by atoms with Crippen molar-refractivity contribution in [2.75, 3.05) is 56.6 Å². The Morgan fingerprint density at radius 2 is 2.02 bits per heavy atom. The second kappa shape index (κ2) is 12.7. The lowest BCUT2D eigenvalue weighted by Crippen LogP contribution is -2.45. The van der Waals surface area contributed by atoms with Gasteiger partial charge in [0, 0.05) is 38.5 Å². The fourth-order valence-corrected chi connectivity index (χ4v) is 9.60. The van der Waals surface area contributed by atoms with Gasteiger partial charge in [-0.15, -0.1) is 0 Å². The minimum Gasteiger partial charge on any atom is -0.489 e. The molecule has 1 aromatic carbocycles. The molecule has 5 fully saturated rings. The molecule has 10 nitrogen and oxygen atoms in total. The van der Waals surface area contributed by atoms with E-state index in [1.54, 1.807) is 0 Å². The Morgan fingerprint density at radius 1 is 1.20 bits per heavy atom. The van der Waals surface area contributed by atoms with Crippen molar-refractivity contribution in [1.82, 2.24) is 24.8 Å². The number of halogens is 6. The molecule has 6 aliphatic rings. The zero-order valence-electron chi connectivity index (χ0n) is 28.1. The Balaban J connectivity index is 1.30. The second-order valence-electron chi connectivity index (χ2n) is 14.6. The van der Waals surface area contributed by atoms with Crippen LogP contribution in [0.25, 0.3) is 22.2 Å². The number of nitriles is 1. The van der Waals surface area contributed by atoms with Crippen LogP contribution in [0.3, 0.4) is 0 Å². The first-order chi connectivity index (χ1) is 24.4. The number of anilines is 2. The molecule has 9 rings (SSSR count). The van der Waals surface area contributed by atoms with Gasteiger partial charge in [0.25, 0.3) is 0 Å². The minimum atomic E-state index is -4.91. The summed E-state index contributed by atoms with van der Waals surface area (Å²) in [5.41, 5.74) is 2.24.